The minimum atomic E-state index is -3.64. The highest BCUT2D eigenvalue weighted by molar-refractivity contribution is 5.77. The first kappa shape index (κ1) is 15.5. The van der Waals surface area contributed by atoms with Gasteiger partial charge in [-0.05, 0) is 19.3 Å². The molecule has 20 heavy (non-hydrogen) atoms. The third kappa shape index (κ3) is 3.22. The average molecular weight is 300 g/mol. The maximum absolute atomic E-state index is 13.0. The van der Waals surface area contributed by atoms with E-state index in [1.807, 2.05) is 0 Å². The molecule has 0 radical (unpaired) electrons. The Balaban J connectivity index is 2.08. The van der Waals surface area contributed by atoms with Gasteiger partial charge in [-0.3, -0.25) is 0 Å². The molecule has 0 aromatic rings. The molecule has 4 nitrogen and oxygen atoms in total. The summed E-state index contributed by atoms with van der Waals surface area (Å²) < 4.78 is 66.7. The largest absolute Gasteiger partial charge is 0.452 e. The highest BCUT2D eigenvalue weighted by Crippen LogP contribution is 2.40. The van der Waals surface area contributed by atoms with E-state index < -0.39 is 42.9 Å². The van der Waals surface area contributed by atoms with Crippen molar-refractivity contribution < 1.29 is 36.6 Å². The van der Waals surface area contributed by atoms with Gasteiger partial charge in [-0.2, -0.15) is 8.78 Å². The fourth-order valence-electron chi connectivity index (χ4n) is 2.33. The monoisotopic (exact) mass is 300 g/mol. The topological polar surface area (TPSA) is 44.8 Å². The van der Waals surface area contributed by atoms with Crippen LogP contribution in [0.1, 0.15) is 32.6 Å². The second-order valence-corrected chi connectivity index (χ2v) is 5.27. The molecule has 0 aromatic heterocycles. The molecule has 0 amide bonds. The van der Waals surface area contributed by atoms with E-state index in [0.717, 1.165) is 0 Å². The predicted octanol–water partition coefficient (Wildman–Crippen LogP) is 2.51. The van der Waals surface area contributed by atoms with Crippen molar-refractivity contribution in [2.75, 3.05) is 13.2 Å². The number of hydrogen-bond donors (Lipinski definition) is 0. The van der Waals surface area contributed by atoms with Crippen LogP contribution in [0.5, 0.6) is 0 Å². The van der Waals surface area contributed by atoms with E-state index in [2.05, 4.69) is 0 Å². The molecule has 1 heterocycles. The molecule has 8 heteroatoms. The number of esters is 1. The standard InChI is InChI=1S/C12H16F4O4/c1-10(13,14)9(17)20-8-4-2-3-5-12(8)18-6-11(15,16)7-19-12/h8H,2-7H2,1H3. The first-order chi connectivity index (χ1) is 9.15. The molecule has 2 aliphatic rings. The summed E-state index contributed by atoms with van der Waals surface area (Å²) in [5, 5.41) is 0. The fraction of sp³-hybridized carbons (Fsp3) is 0.917. The normalized spacial score (nSPS) is 29.1. The Morgan fingerprint density at radius 2 is 1.85 bits per heavy atom. The van der Waals surface area contributed by atoms with Gasteiger partial charge in [0.2, 0.25) is 5.79 Å². The summed E-state index contributed by atoms with van der Waals surface area (Å²) in [6, 6.07) is 0. The number of carbonyl (C=O) groups excluding carboxylic acids is 1. The average Bonchev–Trinajstić information content (AvgIpc) is 2.35. The van der Waals surface area contributed by atoms with Gasteiger partial charge in [-0.25, -0.2) is 13.6 Å². The van der Waals surface area contributed by atoms with Crippen LogP contribution in [0.15, 0.2) is 0 Å². The Labute approximate surface area is 113 Å². The quantitative estimate of drug-likeness (QED) is 0.580. The van der Waals surface area contributed by atoms with Gasteiger partial charge in [0.05, 0.1) is 0 Å². The third-order valence-corrected chi connectivity index (χ3v) is 3.40. The molecule has 1 aliphatic carbocycles. The van der Waals surface area contributed by atoms with Crippen LogP contribution in [0.25, 0.3) is 0 Å². The van der Waals surface area contributed by atoms with Gasteiger partial charge < -0.3 is 14.2 Å². The number of rotatable bonds is 2. The second-order valence-electron chi connectivity index (χ2n) is 5.27. The summed E-state index contributed by atoms with van der Waals surface area (Å²) in [5.74, 6) is -9.99. The van der Waals surface area contributed by atoms with E-state index in [0.29, 0.717) is 19.8 Å². The molecule has 1 saturated carbocycles. The van der Waals surface area contributed by atoms with Crippen molar-refractivity contribution in [3.63, 3.8) is 0 Å². The molecule has 1 spiro atoms. The number of carbonyl (C=O) groups is 1. The second kappa shape index (κ2) is 5.14. The van der Waals surface area contributed by atoms with E-state index in [1.54, 1.807) is 0 Å². The lowest BCUT2D eigenvalue weighted by atomic mass is 9.90. The van der Waals surface area contributed by atoms with Crippen LogP contribution < -0.4 is 0 Å². The Bertz CT molecular complexity index is 370. The first-order valence-corrected chi connectivity index (χ1v) is 6.39. The predicted molar refractivity (Wildman–Crippen MR) is 58.6 cm³/mol. The Kier molecular flexibility index (Phi) is 3.98. The zero-order valence-corrected chi connectivity index (χ0v) is 11.0. The Morgan fingerprint density at radius 3 is 2.40 bits per heavy atom. The van der Waals surface area contributed by atoms with Crippen molar-refractivity contribution in [1.29, 1.82) is 0 Å². The maximum atomic E-state index is 13.0. The lowest BCUT2D eigenvalue weighted by Crippen LogP contribution is -2.58. The molecular weight excluding hydrogens is 284 g/mol. The van der Waals surface area contributed by atoms with Gasteiger partial charge in [0.25, 0.3) is 5.92 Å². The highest BCUT2D eigenvalue weighted by Gasteiger charge is 2.53. The number of ether oxygens (including phenoxy) is 3. The number of hydrogen-bond acceptors (Lipinski definition) is 4. The Hall–Kier alpha value is -0.890. The van der Waals surface area contributed by atoms with Gasteiger partial charge in [0, 0.05) is 13.3 Å². The summed E-state index contributed by atoms with van der Waals surface area (Å²) >= 11 is 0. The molecule has 2 fully saturated rings. The van der Waals surface area contributed by atoms with E-state index >= 15 is 0 Å². The van der Waals surface area contributed by atoms with Gasteiger partial charge in [-0.15, -0.1) is 0 Å². The summed E-state index contributed by atoms with van der Waals surface area (Å²) in [6.45, 7) is -1.32. The number of alkyl halides is 4. The van der Waals surface area contributed by atoms with Crippen LogP contribution in [0.4, 0.5) is 17.6 Å². The molecule has 1 saturated heterocycles. The molecule has 0 aromatic carbocycles. The minimum absolute atomic E-state index is 0.232. The van der Waals surface area contributed by atoms with E-state index in [9.17, 15) is 22.4 Å². The summed E-state index contributed by atoms with van der Waals surface area (Å²) in [5.41, 5.74) is 0. The van der Waals surface area contributed by atoms with Crippen molar-refractivity contribution in [2.24, 2.45) is 0 Å². The van der Waals surface area contributed by atoms with Gasteiger partial charge in [-0.1, -0.05) is 0 Å². The summed E-state index contributed by atoms with van der Waals surface area (Å²) in [7, 11) is 0. The van der Waals surface area contributed by atoms with Crippen LogP contribution in [0.2, 0.25) is 0 Å². The van der Waals surface area contributed by atoms with E-state index in [4.69, 9.17) is 14.2 Å². The molecule has 0 bridgehead atoms. The van der Waals surface area contributed by atoms with Crippen LogP contribution in [-0.2, 0) is 19.0 Å². The Morgan fingerprint density at radius 1 is 1.25 bits per heavy atom. The van der Waals surface area contributed by atoms with E-state index in [-0.39, 0.29) is 12.8 Å². The molecule has 116 valence electrons. The minimum Gasteiger partial charge on any atom is -0.452 e. The van der Waals surface area contributed by atoms with Crippen LogP contribution >= 0.6 is 0 Å². The molecule has 2 rings (SSSR count). The fourth-order valence-corrected chi connectivity index (χ4v) is 2.33. The first-order valence-electron chi connectivity index (χ1n) is 6.39. The zero-order valence-electron chi connectivity index (χ0n) is 11.0. The van der Waals surface area contributed by atoms with Crippen molar-refractivity contribution in [3.8, 4) is 0 Å². The smallest absolute Gasteiger partial charge is 0.377 e. The van der Waals surface area contributed by atoms with Crippen molar-refractivity contribution in [2.45, 2.75) is 56.3 Å². The molecule has 0 N–H and O–H groups in total. The molecule has 1 unspecified atom stereocenters. The molecule has 1 atom stereocenters. The molecule has 1 aliphatic heterocycles. The van der Waals surface area contributed by atoms with E-state index in [1.165, 1.54) is 0 Å². The summed E-state index contributed by atoms with van der Waals surface area (Å²) in [4.78, 5) is 11.3. The lowest BCUT2D eigenvalue weighted by molar-refractivity contribution is -0.365. The van der Waals surface area contributed by atoms with Crippen LogP contribution in [-0.4, -0.2) is 42.9 Å². The lowest BCUT2D eigenvalue weighted by Gasteiger charge is -2.46. The van der Waals surface area contributed by atoms with Gasteiger partial charge in [0.1, 0.15) is 13.2 Å². The maximum Gasteiger partial charge on any atom is 0.377 e. The van der Waals surface area contributed by atoms with Crippen molar-refractivity contribution >= 4 is 5.97 Å². The summed E-state index contributed by atoms with van der Waals surface area (Å²) in [6.07, 6.45) is 0.634. The number of halogens is 4. The van der Waals surface area contributed by atoms with Crippen LogP contribution in [0, 0.1) is 0 Å². The van der Waals surface area contributed by atoms with Crippen molar-refractivity contribution in [1.82, 2.24) is 0 Å². The third-order valence-electron chi connectivity index (χ3n) is 3.40. The molecular formula is C12H16F4O4. The van der Waals surface area contributed by atoms with Gasteiger partial charge in [0.15, 0.2) is 6.10 Å². The van der Waals surface area contributed by atoms with Gasteiger partial charge >= 0.3 is 11.9 Å². The van der Waals surface area contributed by atoms with Crippen molar-refractivity contribution in [3.05, 3.63) is 0 Å². The highest BCUT2D eigenvalue weighted by atomic mass is 19.3. The van der Waals surface area contributed by atoms with Crippen LogP contribution in [0.3, 0.4) is 0 Å². The SMILES string of the molecule is CC(F)(F)C(=O)OC1CCCCC12OCC(F)(F)CO2. The zero-order chi connectivity index (χ0) is 15.0.